The van der Waals surface area contributed by atoms with Gasteiger partial charge in [0.15, 0.2) is 0 Å². The first-order valence-corrected chi connectivity index (χ1v) is 5.49. The van der Waals surface area contributed by atoms with Crippen molar-refractivity contribution in [2.24, 2.45) is 0 Å². The van der Waals surface area contributed by atoms with Crippen molar-refractivity contribution in [3.63, 3.8) is 0 Å². The minimum atomic E-state index is 0.771. The summed E-state index contributed by atoms with van der Waals surface area (Å²) >= 11 is 5.96. The molecule has 0 fully saturated rings. The van der Waals surface area contributed by atoms with Crippen LogP contribution in [0, 0.1) is 0 Å². The fourth-order valence-corrected chi connectivity index (χ4v) is 2.21. The lowest BCUT2D eigenvalue weighted by Crippen LogP contribution is -2.24. The van der Waals surface area contributed by atoms with Gasteiger partial charge in [0.1, 0.15) is 0 Å². The Morgan fingerprint density at radius 2 is 2.20 bits per heavy atom. The van der Waals surface area contributed by atoms with Crippen molar-refractivity contribution in [2.45, 2.75) is 13.0 Å². The molecule has 0 saturated heterocycles. The van der Waals surface area contributed by atoms with Gasteiger partial charge in [-0.1, -0.05) is 11.6 Å². The quantitative estimate of drug-likeness (QED) is 0.735. The second-order valence-electron chi connectivity index (χ2n) is 3.86. The highest BCUT2D eigenvalue weighted by Gasteiger charge is 2.10. The lowest BCUT2D eigenvalue weighted by Gasteiger charge is -2.16. The molecule has 1 aromatic carbocycles. The summed E-state index contributed by atoms with van der Waals surface area (Å²) in [6.07, 6.45) is 1.02. The van der Waals surface area contributed by atoms with Gasteiger partial charge in [-0.05, 0) is 29.8 Å². The maximum atomic E-state index is 5.96. The van der Waals surface area contributed by atoms with Crippen LogP contribution in [0.15, 0.2) is 24.3 Å². The molecule has 1 aliphatic rings. The minimum Gasteiger partial charge on any atom is -0.312 e. The Balaban J connectivity index is 2.26. The Labute approximate surface area is 93.3 Å². The summed E-state index contributed by atoms with van der Waals surface area (Å²) in [7, 11) is 0. The molecule has 0 atom stereocenters. The van der Waals surface area contributed by atoms with Crippen LogP contribution in [0.1, 0.15) is 11.3 Å². The minimum absolute atomic E-state index is 0.771. The molecule has 0 aliphatic carbocycles. The highest BCUT2D eigenvalue weighted by atomic mass is 35.5. The number of nitrogens with one attached hydrogen (secondary N) is 1. The van der Waals surface area contributed by atoms with Crippen molar-refractivity contribution in [3.8, 4) is 0 Å². The molecule has 0 saturated carbocycles. The Morgan fingerprint density at radius 3 is 3.13 bits per heavy atom. The van der Waals surface area contributed by atoms with Crippen LogP contribution in [-0.2, 0) is 13.0 Å². The van der Waals surface area contributed by atoms with Crippen LogP contribution in [0.4, 0.5) is 0 Å². The fraction of sp³-hybridized carbons (Fsp3) is 0.250. The molecule has 1 N–H and O–H groups in total. The zero-order valence-corrected chi connectivity index (χ0v) is 9.01. The molecular weight excluding hydrogens is 208 g/mol. The van der Waals surface area contributed by atoms with Crippen molar-refractivity contribution in [1.29, 1.82) is 0 Å². The summed E-state index contributed by atoms with van der Waals surface area (Å²) in [5.74, 6) is 0. The second-order valence-corrected chi connectivity index (χ2v) is 4.29. The van der Waals surface area contributed by atoms with E-state index in [0.717, 1.165) is 35.4 Å². The Kier molecular flexibility index (Phi) is 2.11. The molecule has 0 bridgehead atoms. The topological polar surface area (TPSA) is 24.9 Å². The number of rotatable bonds is 0. The van der Waals surface area contributed by atoms with Crippen molar-refractivity contribution in [1.82, 2.24) is 10.3 Å². The average Bonchev–Trinajstić information content (AvgIpc) is 2.26. The Morgan fingerprint density at radius 1 is 1.27 bits per heavy atom. The third-order valence-corrected chi connectivity index (χ3v) is 3.03. The van der Waals surface area contributed by atoms with Crippen LogP contribution in [-0.4, -0.2) is 11.5 Å². The van der Waals surface area contributed by atoms with Crippen LogP contribution in [0.3, 0.4) is 0 Å². The van der Waals surface area contributed by atoms with Crippen LogP contribution < -0.4 is 5.32 Å². The first-order valence-electron chi connectivity index (χ1n) is 5.12. The zero-order valence-electron chi connectivity index (χ0n) is 8.26. The van der Waals surface area contributed by atoms with Crippen molar-refractivity contribution >= 4 is 22.5 Å². The van der Waals surface area contributed by atoms with E-state index in [1.807, 2.05) is 18.2 Å². The SMILES string of the molecule is Clc1ccc2nc3c(cc2c1)CNCC3. The normalized spacial score (nSPS) is 15.3. The van der Waals surface area contributed by atoms with E-state index in [2.05, 4.69) is 16.4 Å². The van der Waals surface area contributed by atoms with E-state index in [4.69, 9.17) is 11.6 Å². The lowest BCUT2D eigenvalue weighted by molar-refractivity contribution is 0.633. The third kappa shape index (κ3) is 1.60. The summed E-state index contributed by atoms with van der Waals surface area (Å²) in [5, 5.41) is 5.25. The van der Waals surface area contributed by atoms with Gasteiger partial charge in [0.05, 0.1) is 5.52 Å². The molecule has 2 nitrogen and oxygen atoms in total. The van der Waals surface area contributed by atoms with Crippen molar-refractivity contribution < 1.29 is 0 Å². The predicted molar refractivity (Wildman–Crippen MR) is 62.2 cm³/mol. The molecule has 0 spiro atoms. The fourth-order valence-electron chi connectivity index (χ4n) is 2.03. The van der Waals surface area contributed by atoms with Crippen molar-refractivity contribution in [3.05, 3.63) is 40.5 Å². The smallest absolute Gasteiger partial charge is 0.0706 e. The van der Waals surface area contributed by atoms with Crippen LogP contribution in [0.25, 0.3) is 10.9 Å². The highest BCUT2D eigenvalue weighted by molar-refractivity contribution is 6.31. The summed E-state index contributed by atoms with van der Waals surface area (Å²) in [5.41, 5.74) is 3.57. The number of nitrogens with zero attached hydrogens (tertiary/aromatic N) is 1. The predicted octanol–water partition coefficient (Wildman–Crippen LogP) is 2.53. The summed E-state index contributed by atoms with van der Waals surface area (Å²) < 4.78 is 0. The number of hydrogen-bond acceptors (Lipinski definition) is 2. The van der Waals surface area contributed by atoms with Crippen LogP contribution in [0.5, 0.6) is 0 Å². The highest BCUT2D eigenvalue weighted by Crippen LogP contribution is 2.22. The average molecular weight is 219 g/mol. The van der Waals surface area contributed by atoms with Gasteiger partial charge < -0.3 is 5.32 Å². The molecule has 0 unspecified atom stereocenters. The first-order chi connectivity index (χ1) is 7.33. The van der Waals surface area contributed by atoms with Gasteiger partial charge >= 0.3 is 0 Å². The molecule has 15 heavy (non-hydrogen) atoms. The zero-order chi connectivity index (χ0) is 10.3. The maximum Gasteiger partial charge on any atom is 0.0706 e. The van der Waals surface area contributed by atoms with Gasteiger partial charge in [0, 0.05) is 35.6 Å². The molecule has 0 radical (unpaired) electrons. The van der Waals surface area contributed by atoms with Gasteiger partial charge in [-0.2, -0.15) is 0 Å². The molecule has 1 aliphatic heterocycles. The Hall–Kier alpha value is -1.12. The van der Waals surface area contributed by atoms with E-state index < -0.39 is 0 Å². The second kappa shape index (κ2) is 3.47. The number of pyridine rings is 1. The monoisotopic (exact) mass is 218 g/mol. The van der Waals surface area contributed by atoms with E-state index in [0.29, 0.717) is 0 Å². The summed E-state index contributed by atoms with van der Waals surface area (Å²) in [4.78, 5) is 4.66. The number of fused-ring (bicyclic) bond motifs is 2. The van der Waals surface area contributed by atoms with Gasteiger partial charge in [-0.3, -0.25) is 4.98 Å². The molecule has 3 rings (SSSR count). The third-order valence-electron chi connectivity index (χ3n) is 2.80. The van der Waals surface area contributed by atoms with E-state index in [9.17, 15) is 0 Å². The molecule has 0 amide bonds. The van der Waals surface area contributed by atoms with E-state index >= 15 is 0 Å². The standard InChI is InChI=1S/C12H11ClN2/c13-10-1-2-11-8(6-10)5-9-7-14-4-3-12(9)15-11/h1-2,5-6,14H,3-4,7H2. The lowest BCUT2D eigenvalue weighted by atomic mass is 10.0. The van der Waals surface area contributed by atoms with Crippen LogP contribution >= 0.6 is 11.6 Å². The van der Waals surface area contributed by atoms with Gasteiger partial charge in [0.25, 0.3) is 0 Å². The van der Waals surface area contributed by atoms with E-state index in [1.165, 1.54) is 11.3 Å². The molecule has 1 aromatic heterocycles. The molecule has 3 heteroatoms. The maximum absolute atomic E-state index is 5.96. The van der Waals surface area contributed by atoms with Gasteiger partial charge in [-0.15, -0.1) is 0 Å². The van der Waals surface area contributed by atoms with Crippen LogP contribution in [0.2, 0.25) is 5.02 Å². The number of halogens is 1. The Bertz CT molecular complexity index is 522. The number of aromatic nitrogens is 1. The van der Waals surface area contributed by atoms with E-state index in [1.54, 1.807) is 0 Å². The van der Waals surface area contributed by atoms with Gasteiger partial charge in [-0.25, -0.2) is 0 Å². The number of benzene rings is 1. The van der Waals surface area contributed by atoms with E-state index in [-0.39, 0.29) is 0 Å². The molecular formula is C12H11ClN2. The van der Waals surface area contributed by atoms with Crippen molar-refractivity contribution in [2.75, 3.05) is 6.54 Å². The van der Waals surface area contributed by atoms with Gasteiger partial charge in [0.2, 0.25) is 0 Å². The number of hydrogen-bond donors (Lipinski definition) is 1. The largest absolute Gasteiger partial charge is 0.312 e. The summed E-state index contributed by atoms with van der Waals surface area (Å²) in [6, 6.07) is 8.04. The summed E-state index contributed by atoms with van der Waals surface area (Å²) in [6.45, 7) is 1.95. The molecule has 2 aromatic rings. The molecule has 76 valence electrons. The first kappa shape index (κ1) is 9.13. The molecule has 2 heterocycles.